The second-order valence-electron chi connectivity index (χ2n) is 4.18. The van der Waals surface area contributed by atoms with Crippen LogP contribution in [-0.4, -0.2) is 20.3 Å². The average molecular weight is 281 g/mol. The molecular formula is C14H11N5S. The molecule has 1 aromatic carbocycles. The van der Waals surface area contributed by atoms with E-state index in [0.717, 1.165) is 34.7 Å². The third-order valence-corrected chi connectivity index (χ3v) is 3.45. The van der Waals surface area contributed by atoms with Gasteiger partial charge in [0.15, 0.2) is 11.5 Å². The maximum absolute atomic E-state index is 9.32. The maximum atomic E-state index is 9.32. The quantitative estimate of drug-likeness (QED) is 0.798. The van der Waals surface area contributed by atoms with E-state index in [2.05, 4.69) is 25.1 Å². The second kappa shape index (κ2) is 5.23. The largest absolute Gasteiger partial charge is 0.368 e. The second-order valence-corrected chi connectivity index (χ2v) is 4.71. The summed E-state index contributed by atoms with van der Waals surface area (Å²) < 4.78 is 8.52. The predicted octanol–water partition coefficient (Wildman–Crippen LogP) is 3.06. The molecule has 0 saturated carbocycles. The van der Waals surface area contributed by atoms with Gasteiger partial charge in [-0.2, -0.15) is 14.0 Å². The zero-order valence-electron chi connectivity index (χ0n) is 10.8. The number of fused-ring (bicyclic) bond motifs is 1. The molecule has 0 aliphatic rings. The number of para-hydroxylation sites is 1. The van der Waals surface area contributed by atoms with Gasteiger partial charge in [-0.05, 0) is 19.1 Å². The highest BCUT2D eigenvalue weighted by atomic mass is 32.1. The third kappa shape index (κ3) is 2.08. The Balaban J connectivity index is 2.24. The summed E-state index contributed by atoms with van der Waals surface area (Å²) in [7, 11) is 0. The highest BCUT2D eigenvalue weighted by Gasteiger charge is 2.16. The molecule has 0 saturated heterocycles. The molecule has 3 rings (SSSR count). The summed E-state index contributed by atoms with van der Waals surface area (Å²) in [4.78, 5) is 4.40. The van der Waals surface area contributed by atoms with Crippen LogP contribution in [0.3, 0.4) is 0 Å². The number of pyridine rings is 1. The standard InChI is InChI=1S/C14H11N5S/c1-2-16-14-13(18-20-19-14)10-7-9-5-3-4-6-11(9)17-12(10)8-15/h3-7H,2H2,1H3,(H,16,19). The molecule has 0 radical (unpaired) electrons. The van der Waals surface area contributed by atoms with Crippen molar-refractivity contribution in [2.24, 2.45) is 0 Å². The molecule has 0 spiro atoms. The summed E-state index contributed by atoms with van der Waals surface area (Å²) >= 11 is 1.13. The average Bonchev–Trinajstić information content (AvgIpc) is 2.94. The van der Waals surface area contributed by atoms with Crippen molar-refractivity contribution in [2.45, 2.75) is 6.92 Å². The van der Waals surface area contributed by atoms with Crippen molar-refractivity contribution in [3.8, 4) is 17.3 Å². The van der Waals surface area contributed by atoms with Gasteiger partial charge in [-0.15, -0.1) is 0 Å². The molecule has 5 nitrogen and oxygen atoms in total. The van der Waals surface area contributed by atoms with Crippen molar-refractivity contribution >= 4 is 28.4 Å². The summed E-state index contributed by atoms with van der Waals surface area (Å²) in [6.45, 7) is 2.74. The minimum absolute atomic E-state index is 0.371. The van der Waals surface area contributed by atoms with Crippen LogP contribution in [0.1, 0.15) is 12.6 Å². The van der Waals surface area contributed by atoms with Gasteiger partial charge in [0.05, 0.1) is 17.2 Å². The summed E-state index contributed by atoms with van der Waals surface area (Å²) in [5.41, 5.74) is 2.58. The van der Waals surface area contributed by atoms with Crippen LogP contribution in [0.25, 0.3) is 22.2 Å². The smallest absolute Gasteiger partial charge is 0.168 e. The number of benzene rings is 1. The van der Waals surface area contributed by atoms with E-state index in [-0.39, 0.29) is 0 Å². The first-order valence-corrected chi connectivity index (χ1v) is 6.93. The van der Waals surface area contributed by atoms with E-state index < -0.39 is 0 Å². The minimum atomic E-state index is 0.371. The van der Waals surface area contributed by atoms with E-state index in [1.54, 1.807) is 0 Å². The van der Waals surface area contributed by atoms with Gasteiger partial charge in [-0.25, -0.2) is 4.98 Å². The highest BCUT2D eigenvalue weighted by molar-refractivity contribution is 6.99. The number of nitrogens with zero attached hydrogens (tertiary/aromatic N) is 4. The number of aromatic nitrogens is 3. The Kier molecular flexibility index (Phi) is 3.27. The molecule has 2 aromatic heterocycles. The molecular weight excluding hydrogens is 270 g/mol. The van der Waals surface area contributed by atoms with Gasteiger partial charge in [0.2, 0.25) is 0 Å². The molecule has 0 fully saturated rings. The zero-order chi connectivity index (χ0) is 13.9. The zero-order valence-corrected chi connectivity index (χ0v) is 11.6. The van der Waals surface area contributed by atoms with Gasteiger partial charge in [0, 0.05) is 17.5 Å². The van der Waals surface area contributed by atoms with Crippen molar-refractivity contribution in [2.75, 3.05) is 11.9 Å². The molecule has 1 N–H and O–H groups in total. The molecule has 0 unspecified atom stereocenters. The van der Waals surface area contributed by atoms with Crippen LogP contribution in [0.2, 0.25) is 0 Å². The van der Waals surface area contributed by atoms with E-state index >= 15 is 0 Å². The number of nitrogens with one attached hydrogen (secondary N) is 1. The van der Waals surface area contributed by atoms with Crippen LogP contribution < -0.4 is 5.32 Å². The molecule has 2 heterocycles. The normalized spacial score (nSPS) is 10.4. The van der Waals surface area contributed by atoms with E-state index in [9.17, 15) is 5.26 Å². The number of hydrogen-bond donors (Lipinski definition) is 1. The van der Waals surface area contributed by atoms with Gasteiger partial charge in [-0.3, -0.25) is 0 Å². The molecule has 98 valence electrons. The first kappa shape index (κ1) is 12.5. The highest BCUT2D eigenvalue weighted by Crippen LogP contribution is 2.30. The molecule has 0 bridgehead atoms. The van der Waals surface area contributed by atoms with Crippen LogP contribution in [-0.2, 0) is 0 Å². The van der Waals surface area contributed by atoms with Gasteiger partial charge < -0.3 is 5.32 Å². The summed E-state index contributed by atoms with van der Waals surface area (Å²) in [5, 5.41) is 13.5. The lowest BCUT2D eigenvalue weighted by Crippen LogP contribution is -2.00. The van der Waals surface area contributed by atoms with Crippen LogP contribution in [0.15, 0.2) is 30.3 Å². The summed E-state index contributed by atoms with van der Waals surface area (Å²) in [5.74, 6) is 0.700. The Labute approximate surface area is 120 Å². The van der Waals surface area contributed by atoms with Crippen molar-refractivity contribution in [1.29, 1.82) is 5.26 Å². The minimum Gasteiger partial charge on any atom is -0.368 e. The fourth-order valence-corrected chi connectivity index (χ4v) is 2.57. The Morgan fingerprint density at radius 2 is 2.15 bits per heavy atom. The van der Waals surface area contributed by atoms with Crippen molar-refractivity contribution in [1.82, 2.24) is 13.7 Å². The number of nitriles is 1. The van der Waals surface area contributed by atoms with Crippen molar-refractivity contribution in [3.05, 3.63) is 36.0 Å². The van der Waals surface area contributed by atoms with E-state index in [0.29, 0.717) is 17.2 Å². The molecule has 6 heteroatoms. The molecule has 0 aliphatic heterocycles. The monoisotopic (exact) mass is 281 g/mol. The van der Waals surface area contributed by atoms with Crippen LogP contribution in [0, 0.1) is 11.3 Å². The van der Waals surface area contributed by atoms with Crippen LogP contribution >= 0.6 is 11.7 Å². The first-order valence-electron chi connectivity index (χ1n) is 6.20. The Morgan fingerprint density at radius 3 is 2.95 bits per heavy atom. The summed E-state index contributed by atoms with van der Waals surface area (Å²) in [6.07, 6.45) is 0. The van der Waals surface area contributed by atoms with E-state index in [1.807, 2.05) is 37.3 Å². The molecule has 20 heavy (non-hydrogen) atoms. The van der Waals surface area contributed by atoms with E-state index in [1.165, 1.54) is 0 Å². The van der Waals surface area contributed by atoms with Crippen molar-refractivity contribution < 1.29 is 0 Å². The van der Waals surface area contributed by atoms with Gasteiger partial charge in [0.1, 0.15) is 11.8 Å². The van der Waals surface area contributed by atoms with Gasteiger partial charge in [0.25, 0.3) is 0 Å². The molecule has 3 aromatic rings. The Hall–Kier alpha value is -2.52. The number of hydrogen-bond acceptors (Lipinski definition) is 6. The molecule has 0 amide bonds. The first-order chi connectivity index (χ1) is 9.83. The Morgan fingerprint density at radius 1 is 1.30 bits per heavy atom. The third-order valence-electron chi connectivity index (χ3n) is 2.92. The predicted molar refractivity (Wildman–Crippen MR) is 79.5 cm³/mol. The fourth-order valence-electron chi connectivity index (χ4n) is 2.03. The van der Waals surface area contributed by atoms with Crippen LogP contribution in [0.5, 0.6) is 0 Å². The van der Waals surface area contributed by atoms with Crippen molar-refractivity contribution in [3.63, 3.8) is 0 Å². The summed E-state index contributed by atoms with van der Waals surface area (Å²) in [6, 6.07) is 11.8. The SMILES string of the molecule is CCNc1nsnc1-c1cc2ccccc2nc1C#N. The number of anilines is 1. The Bertz CT molecular complexity index is 803. The van der Waals surface area contributed by atoms with Gasteiger partial charge in [-0.1, -0.05) is 18.2 Å². The number of rotatable bonds is 3. The maximum Gasteiger partial charge on any atom is 0.168 e. The fraction of sp³-hybridized carbons (Fsp3) is 0.143. The lowest BCUT2D eigenvalue weighted by Gasteiger charge is -2.05. The topological polar surface area (TPSA) is 74.5 Å². The lowest BCUT2D eigenvalue weighted by atomic mass is 10.1. The lowest BCUT2D eigenvalue weighted by molar-refractivity contribution is 1.19. The van der Waals surface area contributed by atoms with Crippen LogP contribution in [0.4, 0.5) is 5.82 Å². The van der Waals surface area contributed by atoms with Gasteiger partial charge >= 0.3 is 0 Å². The van der Waals surface area contributed by atoms with E-state index in [4.69, 9.17) is 0 Å². The molecule has 0 aliphatic carbocycles. The molecule has 0 atom stereocenters.